The van der Waals surface area contributed by atoms with Gasteiger partial charge in [0.25, 0.3) is 5.91 Å². The number of nitrogen functional groups attached to an aromatic ring is 1. The molecule has 0 atom stereocenters. The van der Waals surface area contributed by atoms with Crippen LogP contribution in [0.4, 0.5) is 11.4 Å². The first-order chi connectivity index (χ1) is 14.5. The first-order valence-corrected chi connectivity index (χ1v) is 9.86. The van der Waals surface area contributed by atoms with Crippen LogP contribution in [0.15, 0.2) is 79.0 Å². The van der Waals surface area contributed by atoms with Crippen LogP contribution in [0.3, 0.4) is 0 Å². The Balaban J connectivity index is 1.52. The van der Waals surface area contributed by atoms with Gasteiger partial charge in [-0.1, -0.05) is 48.5 Å². The van der Waals surface area contributed by atoms with E-state index >= 15 is 0 Å². The first-order valence-electron chi connectivity index (χ1n) is 9.86. The van der Waals surface area contributed by atoms with E-state index in [2.05, 4.69) is 29.5 Å². The number of nitrogens with zero attached hydrogens (tertiary/aromatic N) is 2. The molecule has 0 aliphatic rings. The van der Waals surface area contributed by atoms with Gasteiger partial charge >= 0.3 is 0 Å². The number of anilines is 2. The van der Waals surface area contributed by atoms with Crippen molar-refractivity contribution in [1.82, 2.24) is 9.78 Å². The quantitative estimate of drug-likeness (QED) is 0.464. The lowest BCUT2D eigenvalue weighted by Crippen LogP contribution is -2.14. The number of aromatic nitrogens is 2. The van der Waals surface area contributed by atoms with Crippen LogP contribution in [0.5, 0.6) is 0 Å². The standard InChI is InChI=1S/C25H24N4O/c1-17-14-20(25(30)28-24-11-7-6-10-23(24)26)12-13-21(17)16-29-18(2)22(15-27-29)19-8-4-3-5-9-19/h3-15H,16,26H2,1-2H3,(H,28,30). The molecule has 5 heteroatoms. The zero-order valence-corrected chi connectivity index (χ0v) is 17.1. The van der Waals surface area contributed by atoms with E-state index < -0.39 is 0 Å². The lowest BCUT2D eigenvalue weighted by molar-refractivity contribution is 0.102. The summed E-state index contributed by atoms with van der Waals surface area (Å²) in [6.07, 6.45) is 1.91. The average Bonchev–Trinajstić information content (AvgIpc) is 3.12. The van der Waals surface area contributed by atoms with Crippen LogP contribution in [0, 0.1) is 13.8 Å². The molecule has 4 aromatic rings. The number of amides is 1. The molecule has 4 rings (SSSR count). The number of para-hydroxylation sites is 2. The maximum absolute atomic E-state index is 12.6. The number of benzene rings is 3. The molecule has 0 fully saturated rings. The normalized spacial score (nSPS) is 10.7. The molecule has 1 aromatic heterocycles. The van der Waals surface area contributed by atoms with Crippen molar-refractivity contribution >= 4 is 17.3 Å². The molecule has 0 aliphatic heterocycles. The maximum atomic E-state index is 12.6. The van der Waals surface area contributed by atoms with Crippen molar-refractivity contribution in [3.63, 3.8) is 0 Å². The summed E-state index contributed by atoms with van der Waals surface area (Å²) in [7, 11) is 0. The molecular weight excluding hydrogens is 372 g/mol. The lowest BCUT2D eigenvalue weighted by atomic mass is 10.0. The predicted molar refractivity (Wildman–Crippen MR) is 121 cm³/mol. The van der Waals surface area contributed by atoms with Crippen LogP contribution in [-0.4, -0.2) is 15.7 Å². The van der Waals surface area contributed by atoms with Gasteiger partial charge in [-0.25, -0.2) is 0 Å². The molecule has 0 saturated carbocycles. The van der Waals surface area contributed by atoms with E-state index in [1.54, 1.807) is 12.1 Å². The Hall–Kier alpha value is -3.86. The summed E-state index contributed by atoms with van der Waals surface area (Å²) < 4.78 is 2.00. The summed E-state index contributed by atoms with van der Waals surface area (Å²) in [6, 6.07) is 23.2. The van der Waals surface area contributed by atoms with Crippen LogP contribution in [0.2, 0.25) is 0 Å². The van der Waals surface area contributed by atoms with Crippen molar-refractivity contribution in [3.05, 3.63) is 101 Å². The molecule has 1 amide bonds. The molecule has 150 valence electrons. The largest absolute Gasteiger partial charge is 0.397 e. The summed E-state index contributed by atoms with van der Waals surface area (Å²) in [5, 5.41) is 7.45. The fourth-order valence-corrected chi connectivity index (χ4v) is 3.49. The van der Waals surface area contributed by atoms with Gasteiger partial charge in [-0.05, 0) is 54.8 Å². The van der Waals surface area contributed by atoms with Gasteiger partial charge in [0.05, 0.1) is 24.1 Å². The van der Waals surface area contributed by atoms with Crippen molar-refractivity contribution in [2.45, 2.75) is 20.4 Å². The number of hydrogen-bond acceptors (Lipinski definition) is 3. The molecule has 3 N–H and O–H groups in total. The summed E-state index contributed by atoms with van der Waals surface area (Å²) in [5.74, 6) is -0.177. The third-order valence-corrected chi connectivity index (χ3v) is 5.32. The highest BCUT2D eigenvalue weighted by molar-refractivity contribution is 6.05. The number of nitrogens with two attached hydrogens (primary N) is 1. The van der Waals surface area contributed by atoms with Crippen molar-refractivity contribution in [3.8, 4) is 11.1 Å². The topological polar surface area (TPSA) is 72.9 Å². The van der Waals surface area contributed by atoms with Crippen molar-refractivity contribution in [1.29, 1.82) is 0 Å². The van der Waals surface area contributed by atoms with E-state index in [4.69, 9.17) is 5.73 Å². The molecule has 5 nitrogen and oxygen atoms in total. The highest BCUT2D eigenvalue weighted by Crippen LogP contribution is 2.24. The van der Waals surface area contributed by atoms with Gasteiger partial charge in [0.15, 0.2) is 0 Å². The zero-order chi connectivity index (χ0) is 21.1. The van der Waals surface area contributed by atoms with Crippen molar-refractivity contribution in [2.24, 2.45) is 0 Å². The monoisotopic (exact) mass is 396 g/mol. The highest BCUT2D eigenvalue weighted by atomic mass is 16.1. The molecule has 0 saturated heterocycles. The molecule has 0 radical (unpaired) electrons. The molecule has 1 heterocycles. The molecular formula is C25H24N4O. The minimum atomic E-state index is -0.177. The van der Waals surface area contributed by atoms with Gasteiger partial charge in [0.2, 0.25) is 0 Å². The van der Waals surface area contributed by atoms with E-state index in [0.717, 1.165) is 27.9 Å². The Morgan fingerprint density at radius 2 is 1.73 bits per heavy atom. The summed E-state index contributed by atoms with van der Waals surface area (Å²) in [4.78, 5) is 12.6. The Morgan fingerprint density at radius 1 is 1.00 bits per heavy atom. The number of rotatable bonds is 5. The Bertz CT molecular complexity index is 1200. The summed E-state index contributed by atoms with van der Waals surface area (Å²) in [6.45, 7) is 4.74. The van der Waals surface area contributed by atoms with Crippen LogP contribution in [0.25, 0.3) is 11.1 Å². The number of aryl methyl sites for hydroxylation is 1. The Labute approximate surface area is 176 Å². The fourth-order valence-electron chi connectivity index (χ4n) is 3.49. The third-order valence-electron chi connectivity index (χ3n) is 5.32. The van der Waals surface area contributed by atoms with E-state index in [0.29, 0.717) is 23.5 Å². The van der Waals surface area contributed by atoms with E-state index in [9.17, 15) is 4.79 Å². The smallest absolute Gasteiger partial charge is 0.255 e. The Kier molecular flexibility index (Phi) is 5.35. The molecule has 0 unspecified atom stereocenters. The van der Waals surface area contributed by atoms with E-state index in [1.807, 2.05) is 66.3 Å². The van der Waals surface area contributed by atoms with Crippen LogP contribution >= 0.6 is 0 Å². The number of nitrogens with one attached hydrogen (secondary N) is 1. The number of hydrogen-bond donors (Lipinski definition) is 2. The van der Waals surface area contributed by atoms with Crippen molar-refractivity contribution < 1.29 is 4.79 Å². The molecule has 3 aromatic carbocycles. The number of carbonyl (C=O) groups excluding carboxylic acids is 1. The van der Waals surface area contributed by atoms with Crippen LogP contribution in [-0.2, 0) is 6.54 Å². The van der Waals surface area contributed by atoms with Crippen molar-refractivity contribution in [2.75, 3.05) is 11.1 Å². The minimum absolute atomic E-state index is 0.177. The Morgan fingerprint density at radius 3 is 2.47 bits per heavy atom. The fraction of sp³-hybridized carbons (Fsp3) is 0.120. The first kappa shape index (κ1) is 19.5. The van der Waals surface area contributed by atoms with Gasteiger partial charge in [0.1, 0.15) is 0 Å². The number of carbonyl (C=O) groups is 1. The average molecular weight is 396 g/mol. The van der Waals surface area contributed by atoms with Crippen LogP contribution in [0.1, 0.15) is 27.2 Å². The molecule has 0 spiro atoms. The maximum Gasteiger partial charge on any atom is 0.255 e. The summed E-state index contributed by atoms with van der Waals surface area (Å²) >= 11 is 0. The summed E-state index contributed by atoms with van der Waals surface area (Å²) in [5.41, 5.74) is 13.2. The van der Waals surface area contributed by atoms with Gasteiger partial charge in [-0.2, -0.15) is 5.10 Å². The van der Waals surface area contributed by atoms with E-state index in [-0.39, 0.29) is 5.91 Å². The molecule has 30 heavy (non-hydrogen) atoms. The zero-order valence-electron chi connectivity index (χ0n) is 17.1. The molecule has 0 bridgehead atoms. The third kappa shape index (κ3) is 3.96. The predicted octanol–water partition coefficient (Wildman–Crippen LogP) is 5.05. The van der Waals surface area contributed by atoms with E-state index in [1.165, 1.54) is 0 Å². The van der Waals surface area contributed by atoms with Gasteiger partial charge in [-0.3, -0.25) is 9.48 Å². The van der Waals surface area contributed by atoms with Gasteiger partial charge in [-0.15, -0.1) is 0 Å². The van der Waals surface area contributed by atoms with Gasteiger partial charge < -0.3 is 11.1 Å². The second-order valence-electron chi connectivity index (χ2n) is 7.35. The SMILES string of the molecule is Cc1cc(C(=O)Nc2ccccc2N)ccc1Cn1ncc(-c2ccccc2)c1C. The van der Waals surface area contributed by atoms with Crippen LogP contribution < -0.4 is 11.1 Å². The molecule has 0 aliphatic carbocycles. The minimum Gasteiger partial charge on any atom is -0.397 e. The van der Waals surface area contributed by atoms with Gasteiger partial charge in [0, 0.05) is 16.8 Å². The second-order valence-corrected chi connectivity index (χ2v) is 7.35. The highest BCUT2D eigenvalue weighted by Gasteiger charge is 2.12. The second kappa shape index (κ2) is 8.25. The lowest BCUT2D eigenvalue weighted by Gasteiger charge is -2.12.